The summed E-state index contributed by atoms with van der Waals surface area (Å²) in [6, 6.07) is 0. The number of amides is 2. The summed E-state index contributed by atoms with van der Waals surface area (Å²) in [6.07, 6.45) is 1.95. The lowest BCUT2D eigenvalue weighted by Crippen LogP contribution is -2.80. The van der Waals surface area contributed by atoms with E-state index >= 15 is 0 Å². The van der Waals surface area contributed by atoms with Crippen molar-refractivity contribution >= 4 is 104 Å². The van der Waals surface area contributed by atoms with Crippen LogP contribution < -0.4 is 11.1 Å². The van der Waals surface area contributed by atoms with E-state index in [1.807, 2.05) is 0 Å². The molecule has 0 spiro atoms. The number of halogens is 1. The zero-order valence-corrected chi connectivity index (χ0v) is 22.6. The Labute approximate surface area is 235 Å². The van der Waals surface area contributed by atoms with Crippen LogP contribution in [0, 0.1) is 0 Å². The Morgan fingerprint density at radius 2 is 2.18 bits per heavy atom. The van der Waals surface area contributed by atoms with Gasteiger partial charge in [0, 0.05) is 22.8 Å². The second kappa shape index (κ2) is 11.1. The lowest BCUT2D eigenvalue weighted by molar-refractivity contribution is -0.153. The van der Waals surface area contributed by atoms with Crippen LogP contribution in [0.2, 0.25) is 4.34 Å². The number of nitrogens with zero attached hydrogens (tertiary/aromatic N) is 5. The maximum atomic E-state index is 13.4. The monoisotopic (exact) mass is 615 g/mol. The van der Waals surface area contributed by atoms with Crippen LogP contribution in [0.25, 0.3) is 5.57 Å². The number of carboxylic acids is 2. The number of rotatable bonds is 10. The molecule has 0 saturated carbocycles. The van der Waals surface area contributed by atoms with Crippen molar-refractivity contribution in [2.45, 2.75) is 10.9 Å². The van der Waals surface area contributed by atoms with Crippen LogP contribution in [0.4, 0.5) is 5.13 Å². The Kier molecular flexibility index (Phi) is 8.07. The van der Waals surface area contributed by atoms with Crippen LogP contribution in [-0.2, 0) is 24.0 Å². The summed E-state index contributed by atoms with van der Waals surface area (Å²) in [5, 5.41) is 33.0. The molecule has 0 radical (unpaired) electrons. The highest BCUT2D eigenvalue weighted by Crippen LogP contribution is 2.48. The number of carbonyl (C=O) groups excluding carboxylic acids is 2. The fourth-order valence-electron chi connectivity index (χ4n) is 3.50. The minimum atomic E-state index is -1.78. The van der Waals surface area contributed by atoms with Crippen LogP contribution in [-0.4, -0.2) is 88.4 Å². The Hall–Kier alpha value is -3.45. The number of thioether (sulfide) groups is 1. The van der Waals surface area contributed by atoms with Crippen molar-refractivity contribution in [1.82, 2.24) is 25.4 Å². The molecule has 2 atom stereocenters. The quantitative estimate of drug-likeness (QED) is 0.0730. The number of thiocarbonyl (C=S) groups is 1. The molecule has 2 aliphatic rings. The molecular weight excluding hydrogens is 602 g/mol. The van der Waals surface area contributed by atoms with Crippen LogP contribution in [0.15, 0.2) is 28.5 Å². The van der Waals surface area contributed by atoms with Crippen molar-refractivity contribution < 1.29 is 34.2 Å². The van der Waals surface area contributed by atoms with Gasteiger partial charge >= 0.3 is 11.9 Å². The van der Waals surface area contributed by atoms with E-state index in [2.05, 4.69) is 25.7 Å². The Balaban J connectivity index is 1.64. The fraction of sp³-hybridized carbons (Fsp3) is 0.211. The molecule has 5 N–H and O–H groups in total. The molecule has 1 saturated heterocycles. The number of thiazole rings is 1. The van der Waals surface area contributed by atoms with Gasteiger partial charge in [0.1, 0.15) is 38.2 Å². The van der Waals surface area contributed by atoms with Crippen molar-refractivity contribution in [3.8, 4) is 0 Å². The molecule has 0 aromatic carbocycles. The van der Waals surface area contributed by atoms with Gasteiger partial charge in [-0.25, -0.2) is 14.6 Å². The van der Waals surface area contributed by atoms with Gasteiger partial charge in [-0.3, -0.25) is 14.5 Å². The number of anilines is 1. The molecule has 19 heteroatoms. The summed E-state index contributed by atoms with van der Waals surface area (Å²) in [6.45, 7) is -0.315. The van der Waals surface area contributed by atoms with Crippen LogP contribution in [0.1, 0.15) is 10.7 Å². The van der Waals surface area contributed by atoms with Gasteiger partial charge in [-0.05, 0) is 6.08 Å². The van der Waals surface area contributed by atoms with Gasteiger partial charge in [0.15, 0.2) is 16.4 Å². The van der Waals surface area contributed by atoms with Crippen LogP contribution >= 0.6 is 58.3 Å². The van der Waals surface area contributed by atoms with Crippen molar-refractivity contribution in [2.75, 3.05) is 18.1 Å². The van der Waals surface area contributed by atoms with Crippen LogP contribution in [0.3, 0.4) is 0 Å². The van der Waals surface area contributed by atoms with Gasteiger partial charge in [0.05, 0.1) is 0 Å². The number of nitrogens with two attached hydrogens (primary N) is 1. The van der Waals surface area contributed by atoms with Crippen molar-refractivity contribution in [3.05, 3.63) is 38.4 Å². The summed E-state index contributed by atoms with van der Waals surface area (Å²) < 4.78 is 0.00359. The van der Waals surface area contributed by atoms with Gasteiger partial charge in [-0.15, -0.1) is 33.3 Å². The summed E-state index contributed by atoms with van der Waals surface area (Å²) in [5.41, 5.74) is 4.78. The number of oxime groups is 1. The smallest absolute Gasteiger partial charge is 0.353 e. The maximum absolute atomic E-state index is 13.4. The molecule has 1 unspecified atom stereocenters. The standard InChI is InChI=1S/C19H14ClN7O7S4/c20-12-9(23-18(21)38-12)10(26-34-3-1-2-8(28)29)13(30)24-19(5-35)16(33)27-11(15(31)32)7(4-36-17(19)27)14-25-22-6-37-14/h1-2,5-6,17H,3-4H2,(H2,21,23)(H,24,30)(H,28,29)(H,31,32)/t17-,19?/m0/s1. The third-order valence-corrected chi connectivity index (χ3v) is 8.62. The lowest BCUT2D eigenvalue weighted by atomic mass is 9.87. The number of nitrogens with one attached hydrogen (secondary N) is 1. The molecule has 0 bridgehead atoms. The van der Waals surface area contributed by atoms with E-state index in [4.69, 9.17) is 39.5 Å². The van der Waals surface area contributed by atoms with E-state index in [0.717, 1.165) is 45.1 Å². The number of hydrogen-bond acceptors (Lipinski definition) is 14. The van der Waals surface area contributed by atoms with Crippen molar-refractivity contribution in [1.29, 1.82) is 0 Å². The predicted octanol–water partition coefficient (Wildman–Crippen LogP) is 0.857. The molecule has 38 heavy (non-hydrogen) atoms. The zero-order valence-electron chi connectivity index (χ0n) is 18.6. The predicted molar refractivity (Wildman–Crippen MR) is 143 cm³/mol. The second-order valence-corrected chi connectivity index (χ2v) is 11.1. The van der Waals surface area contributed by atoms with E-state index in [9.17, 15) is 24.3 Å². The van der Waals surface area contributed by atoms with E-state index < -0.39 is 40.4 Å². The molecule has 1 fully saturated rings. The summed E-state index contributed by atoms with van der Waals surface area (Å²) in [5.74, 6) is -4.17. The van der Waals surface area contributed by atoms with Gasteiger partial charge < -0.3 is 26.1 Å². The van der Waals surface area contributed by atoms with Gasteiger partial charge in [-0.1, -0.05) is 40.3 Å². The van der Waals surface area contributed by atoms with Crippen LogP contribution in [0.5, 0.6) is 0 Å². The molecule has 14 nitrogen and oxygen atoms in total. The van der Waals surface area contributed by atoms with Crippen molar-refractivity contribution in [2.24, 2.45) is 5.16 Å². The highest BCUT2D eigenvalue weighted by Gasteiger charge is 2.65. The SMILES string of the molecule is Nc1nc(C(=NOCC=CC(=O)O)C(=O)NC2(C=S)C(=O)N3C(C(=O)O)=C(c4nncs4)CS[C@H]32)c(Cl)s1. The maximum Gasteiger partial charge on any atom is 0.353 e. The number of aromatic nitrogens is 3. The molecule has 2 aliphatic heterocycles. The average Bonchev–Trinajstić information content (AvgIpc) is 3.52. The number of nitrogen functional groups attached to an aromatic ring is 1. The first-order chi connectivity index (χ1) is 18.1. The number of β-lactam (4-membered cyclic amide) rings is 1. The van der Waals surface area contributed by atoms with E-state index in [1.54, 1.807) is 0 Å². The van der Waals surface area contributed by atoms with E-state index in [1.165, 1.54) is 17.3 Å². The van der Waals surface area contributed by atoms with Gasteiger partial charge in [-0.2, -0.15) is 0 Å². The summed E-state index contributed by atoms with van der Waals surface area (Å²) in [7, 11) is 0. The van der Waals surface area contributed by atoms with E-state index in [0.29, 0.717) is 10.6 Å². The summed E-state index contributed by atoms with van der Waals surface area (Å²) in [4.78, 5) is 59.5. The zero-order chi connectivity index (χ0) is 27.6. The first-order valence-electron chi connectivity index (χ1n) is 10.1. The van der Waals surface area contributed by atoms with Gasteiger partial charge in [0.25, 0.3) is 11.8 Å². The fourth-order valence-corrected chi connectivity index (χ4v) is 6.93. The highest BCUT2D eigenvalue weighted by molar-refractivity contribution is 8.00. The normalized spacial score (nSPS) is 21.2. The molecule has 4 rings (SSSR count). The highest BCUT2D eigenvalue weighted by atomic mass is 35.5. The molecule has 198 valence electrons. The number of hydrogen-bond donors (Lipinski definition) is 4. The molecule has 0 aliphatic carbocycles. The minimum Gasteiger partial charge on any atom is -0.478 e. The molecule has 2 amide bonds. The molecule has 2 aromatic rings. The number of carboxylic acid groups (broad SMARTS) is 2. The Morgan fingerprint density at radius 1 is 1.42 bits per heavy atom. The third-order valence-electron chi connectivity index (χ3n) is 5.06. The Morgan fingerprint density at radius 3 is 2.76 bits per heavy atom. The lowest BCUT2D eigenvalue weighted by Gasteiger charge is -2.55. The molecule has 2 aromatic heterocycles. The largest absolute Gasteiger partial charge is 0.478 e. The first-order valence-corrected chi connectivity index (χ1v) is 13.7. The average molecular weight is 616 g/mol. The number of carbonyl (C=O) groups is 4. The van der Waals surface area contributed by atoms with E-state index in [-0.39, 0.29) is 33.2 Å². The molecular formula is C19H14ClN7O7S4. The Bertz CT molecular complexity index is 1420. The second-order valence-electron chi connectivity index (χ2n) is 7.31. The third kappa shape index (κ3) is 4.99. The summed E-state index contributed by atoms with van der Waals surface area (Å²) >= 11 is 14.4. The molecule has 4 heterocycles. The number of aliphatic carboxylic acids is 2. The topological polar surface area (TPSA) is 210 Å². The number of fused-ring (bicyclic) bond motifs is 1. The first kappa shape index (κ1) is 27.6. The van der Waals surface area contributed by atoms with Crippen molar-refractivity contribution in [3.63, 3.8) is 0 Å². The minimum absolute atomic E-state index is 0.00359. The van der Waals surface area contributed by atoms with Gasteiger partial charge in [0.2, 0.25) is 0 Å².